The average molecular weight is 354 g/mol. The van der Waals surface area contributed by atoms with E-state index >= 15 is 0 Å². The molecule has 1 saturated carbocycles. The fourth-order valence-electron chi connectivity index (χ4n) is 4.43. The van der Waals surface area contributed by atoms with E-state index < -0.39 is 0 Å². The zero-order chi connectivity index (χ0) is 17.8. The van der Waals surface area contributed by atoms with Crippen LogP contribution in [-0.4, -0.2) is 36.5 Å². The van der Waals surface area contributed by atoms with E-state index in [0.717, 1.165) is 51.1 Å². The van der Waals surface area contributed by atoms with Gasteiger partial charge in [0, 0.05) is 50.8 Å². The van der Waals surface area contributed by atoms with Crippen molar-refractivity contribution in [2.45, 2.75) is 57.5 Å². The number of carbonyl (C=O) groups is 1. The van der Waals surface area contributed by atoms with Crippen molar-refractivity contribution in [2.24, 2.45) is 5.92 Å². The van der Waals surface area contributed by atoms with Crippen LogP contribution in [0.25, 0.3) is 0 Å². The number of carbonyl (C=O) groups excluding carboxylic acids is 1. The first kappa shape index (κ1) is 17.4. The second-order valence-electron chi connectivity index (χ2n) is 7.91. The number of piperidine rings is 1. The fourth-order valence-corrected chi connectivity index (χ4v) is 4.43. The Kier molecular flexibility index (Phi) is 5.47. The third kappa shape index (κ3) is 4.22. The molecule has 1 aliphatic carbocycles. The lowest BCUT2D eigenvalue weighted by Crippen LogP contribution is -2.42. The highest BCUT2D eigenvalue weighted by Crippen LogP contribution is 2.29. The van der Waals surface area contributed by atoms with Gasteiger partial charge in [-0.2, -0.15) is 0 Å². The molecule has 140 valence electrons. The molecule has 2 heterocycles. The molecule has 1 aromatic rings. The summed E-state index contributed by atoms with van der Waals surface area (Å²) >= 11 is 0. The summed E-state index contributed by atoms with van der Waals surface area (Å²) in [5.74, 6) is 1.94. The van der Waals surface area contributed by atoms with Crippen LogP contribution in [0.4, 0.5) is 5.69 Å². The highest BCUT2D eigenvalue weighted by molar-refractivity contribution is 5.76. The normalized spacial score (nSPS) is 21.5. The summed E-state index contributed by atoms with van der Waals surface area (Å²) in [4.78, 5) is 16.8. The zero-order valence-electron chi connectivity index (χ0n) is 15.6. The predicted octanol–water partition coefficient (Wildman–Crippen LogP) is 4.36. The van der Waals surface area contributed by atoms with Crippen LogP contribution in [0, 0.1) is 5.92 Å². The second-order valence-corrected chi connectivity index (χ2v) is 7.91. The molecule has 2 aliphatic heterocycles. The van der Waals surface area contributed by atoms with Gasteiger partial charge in [-0.15, -0.1) is 0 Å². The molecule has 2 fully saturated rings. The maximum atomic E-state index is 12.5. The smallest absolute Gasteiger partial charge is 0.222 e. The molecule has 0 aromatic heterocycles. The molecule has 0 atom stereocenters. The molecule has 4 rings (SSSR count). The van der Waals surface area contributed by atoms with Gasteiger partial charge in [-0.1, -0.05) is 18.9 Å². The van der Waals surface area contributed by atoms with Gasteiger partial charge in [0.1, 0.15) is 11.9 Å². The standard InChI is InChI=1S/C22H30N2O2/c25-22(17-18-5-1-2-6-18)24-15-11-21(12-16-24)26-20-9-7-19(8-10-20)23-13-3-4-14-23/h3,7-10,13,18,21H,1-2,4-6,11-12,14-17H2. The highest BCUT2D eigenvalue weighted by atomic mass is 16.5. The van der Waals surface area contributed by atoms with E-state index in [4.69, 9.17) is 4.74 Å². The van der Waals surface area contributed by atoms with E-state index in [-0.39, 0.29) is 6.10 Å². The quantitative estimate of drug-likeness (QED) is 0.787. The molecule has 0 unspecified atom stereocenters. The van der Waals surface area contributed by atoms with Gasteiger partial charge in [0.05, 0.1) is 0 Å². The van der Waals surface area contributed by atoms with Crippen LogP contribution >= 0.6 is 0 Å². The van der Waals surface area contributed by atoms with Crippen LogP contribution in [0.3, 0.4) is 0 Å². The van der Waals surface area contributed by atoms with Gasteiger partial charge in [-0.05, 0) is 49.4 Å². The van der Waals surface area contributed by atoms with Gasteiger partial charge in [0.25, 0.3) is 0 Å². The number of likely N-dealkylation sites (tertiary alicyclic amines) is 1. The van der Waals surface area contributed by atoms with Crippen molar-refractivity contribution in [1.29, 1.82) is 0 Å². The SMILES string of the molecule is O=C(CC1CCCC1)N1CCC(Oc2ccc(N3C=CCC3)cc2)CC1. The van der Waals surface area contributed by atoms with Gasteiger partial charge < -0.3 is 14.5 Å². The third-order valence-corrected chi connectivity index (χ3v) is 6.03. The summed E-state index contributed by atoms with van der Waals surface area (Å²) < 4.78 is 6.16. The summed E-state index contributed by atoms with van der Waals surface area (Å²) in [5, 5.41) is 0. The minimum Gasteiger partial charge on any atom is -0.490 e. The summed E-state index contributed by atoms with van der Waals surface area (Å²) in [6, 6.07) is 8.40. The number of hydrogen-bond acceptors (Lipinski definition) is 3. The van der Waals surface area contributed by atoms with E-state index in [1.807, 2.05) is 0 Å². The van der Waals surface area contributed by atoms with Crippen molar-refractivity contribution in [1.82, 2.24) is 4.90 Å². The molecule has 4 heteroatoms. The minimum absolute atomic E-state index is 0.225. The Hall–Kier alpha value is -1.97. The van der Waals surface area contributed by atoms with Crippen LogP contribution in [0.5, 0.6) is 5.75 Å². The van der Waals surface area contributed by atoms with Crippen LogP contribution < -0.4 is 9.64 Å². The molecule has 0 spiro atoms. The maximum Gasteiger partial charge on any atom is 0.222 e. The first-order valence-electron chi connectivity index (χ1n) is 10.3. The topological polar surface area (TPSA) is 32.8 Å². The Morgan fingerprint density at radius 2 is 1.73 bits per heavy atom. The van der Waals surface area contributed by atoms with Crippen LogP contribution in [0.2, 0.25) is 0 Å². The Balaban J connectivity index is 1.23. The Morgan fingerprint density at radius 1 is 1.00 bits per heavy atom. The Labute approximate surface area is 156 Å². The van der Waals surface area contributed by atoms with Crippen molar-refractivity contribution >= 4 is 11.6 Å². The molecule has 0 radical (unpaired) electrons. The largest absolute Gasteiger partial charge is 0.490 e. The van der Waals surface area contributed by atoms with Crippen molar-refractivity contribution in [3.05, 3.63) is 36.5 Å². The minimum atomic E-state index is 0.225. The van der Waals surface area contributed by atoms with Crippen molar-refractivity contribution in [2.75, 3.05) is 24.5 Å². The van der Waals surface area contributed by atoms with E-state index in [1.54, 1.807) is 0 Å². The van der Waals surface area contributed by atoms with Crippen LogP contribution in [0.1, 0.15) is 51.4 Å². The first-order valence-corrected chi connectivity index (χ1v) is 10.3. The molecule has 0 bridgehead atoms. The molecule has 1 amide bonds. The lowest BCUT2D eigenvalue weighted by molar-refractivity contribution is -0.133. The third-order valence-electron chi connectivity index (χ3n) is 6.03. The summed E-state index contributed by atoms with van der Waals surface area (Å²) in [6.45, 7) is 2.74. The Bertz CT molecular complexity index is 626. The fraction of sp³-hybridized carbons (Fsp3) is 0.591. The first-order chi connectivity index (χ1) is 12.8. The van der Waals surface area contributed by atoms with Gasteiger partial charge in [0.2, 0.25) is 5.91 Å². The van der Waals surface area contributed by atoms with Crippen LogP contribution in [0.15, 0.2) is 36.5 Å². The molecule has 0 N–H and O–H groups in total. The highest BCUT2D eigenvalue weighted by Gasteiger charge is 2.26. The molecule has 1 aromatic carbocycles. The van der Waals surface area contributed by atoms with Crippen molar-refractivity contribution < 1.29 is 9.53 Å². The summed E-state index contributed by atoms with van der Waals surface area (Å²) in [6.07, 6.45) is 13.4. The number of hydrogen-bond donors (Lipinski definition) is 0. The monoisotopic (exact) mass is 354 g/mol. The maximum absolute atomic E-state index is 12.5. The average Bonchev–Trinajstić information content (AvgIpc) is 3.37. The number of ether oxygens (including phenoxy) is 1. The van der Waals surface area contributed by atoms with E-state index in [9.17, 15) is 4.79 Å². The lowest BCUT2D eigenvalue weighted by atomic mass is 10.0. The van der Waals surface area contributed by atoms with Gasteiger partial charge in [-0.25, -0.2) is 0 Å². The number of rotatable bonds is 5. The molecule has 26 heavy (non-hydrogen) atoms. The van der Waals surface area contributed by atoms with Crippen LogP contribution in [-0.2, 0) is 4.79 Å². The number of benzene rings is 1. The zero-order valence-corrected chi connectivity index (χ0v) is 15.6. The van der Waals surface area contributed by atoms with Gasteiger partial charge in [-0.3, -0.25) is 4.79 Å². The van der Waals surface area contributed by atoms with E-state index in [0.29, 0.717) is 11.8 Å². The van der Waals surface area contributed by atoms with Gasteiger partial charge >= 0.3 is 0 Å². The summed E-state index contributed by atoms with van der Waals surface area (Å²) in [5.41, 5.74) is 1.22. The molecule has 4 nitrogen and oxygen atoms in total. The Morgan fingerprint density at radius 3 is 2.38 bits per heavy atom. The van der Waals surface area contributed by atoms with E-state index in [2.05, 4.69) is 46.3 Å². The summed E-state index contributed by atoms with van der Waals surface area (Å²) in [7, 11) is 0. The molecular formula is C22H30N2O2. The predicted molar refractivity (Wildman–Crippen MR) is 104 cm³/mol. The molecular weight excluding hydrogens is 324 g/mol. The number of nitrogens with zero attached hydrogens (tertiary/aromatic N) is 2. The lowest BCUT2D eigenvalue weighted by Gasteiger charge is -2.33. The van der Waals surface area contributed by atoms with Crippen molar-refractivity contribution in [3.8, 4) is 5.75 Å². The molecule has 3 aliphatic rings. The van der Waals surface area contributed by atoms with E-state index in [1.165, 1.54) is 31.4 Å². The van der Waals surface area contributed by atoms with Gasteiger partial charge in [0.15, 0.2) is 0 Å². The molecule has 1 saturated heterocycles. The number of anilines is 1. The van der Waals surface area contributed by atoms with Crippen molar-refractivity contribution in [3.63, 3.8) is 0 Å². The number of amides is 1. The second kappa shape index (κ2) is 8.15.